The Kier molecular flexibility index (Phi) is 6.52. The maximum atomic E-state index is 12.4. The van der Waals surface area contributed by atoms with E-state index in [2.05, 4.69) is 19.2 Å². The summed E-state index contributed by atoms with van der Waals surface area (Å²) in [6.07, 6.45) is 3.12. The molecule has 1 N–H and O–H groups in total. The highest BCUT2D eigenvalue weighted by molar-refractivity contribution is 5.79. The second-order valence-corrected chi connectivity index (χ2v) is 4.82. The zero-order chi connectivity index (χ0) is 12.7. The summed E-state index contributed by atoms with van der Waals surface area (Å²) in [6, 6.07) is 0.305. The van der Waals surface area contributed by atoms with Gasteiger partial charge >= 0.3 is 0 Å². The van der Waals surface area contributed by atoms with Crippen LogP contribution in [-0.2, 0) is 9.53 Å². The highest BCUT2D eigenvalue weighted by Gasteiger charge is 2.27. The average molecular weight is 242 g/mol. The summed E-state index contributed by atoms with van der Waals surface area (Å²) in [4.78, 5) is 14.4. The lowest BCUT2D eigenvalue weighted by atomic mass is 9.97. The van der Waals surface area contributed by atoms with E-state index in [9.17, 15) is 4.79 Å². The van der Waals surface area contributed by atoms with Gasteiger partial charge in [0.05, 0.1) is 12.5 Å². The van der Waals surface area contributed by atoms with Gasteiger partial charge in [0.25, 0.3) is 0 Å². The van der Waals surface area contributed by atoms with E-state index in [1.807, 2.05) is 4.90 Å². The molecule has 0 spiro atoms. The molecule has 1 aliphatic rings. The van der Waals surface area contributed by atoms with Crippen molar-refractivity contribution < 1.29 is 9.53 Å². The molecule has 1 aliphatic heterocycles. The third-order valence-electron chi connectivity index (χ3n) is 3.59. The van der Waals surface area contributed by atoms with Crippen molar-refractivity contribution in [1.82, 2.24) is 10.2 Å². The molecule has 1 rings (SSSR count). The maximum absolute atomic E-state index is 12.4. The molecule has 1 saturated heterocycles. The minimum atomic E-state index is 0.162. The molecule has 0 radical (unpaired) electrons. The maximum Gasteiger partial charge on any atom is 0.227 e. The summed E-state index contributed by atoms with van der Waals surface area (Å²) in [5, 5.41) is 3.30. The van der Waals surface area contributed by atoms with Gasteiger partial charge in [-0.2, -0.15) is 0 Å². The summed E-state index contributed by atoms with van der Waals surface area (Å²) in [7, 11) is 1.68. The molecule has 4 heteroatoms. The Hall–Kier alpha value is -0.610. The highest BCUT2D eigenvalue weighted by atomic mass is 16.5. The molecule has 2 atom stereocenters. The van der Waals surface area contributed by atoms with E-state index < -0.39 is 0 Å². The van der Waals surface area contributed by atoms with Crippen LogP contribution in [0, 0.1) is 5.92 Å². The van der Waals surface area contributed by atoms with Crippen molar-refractivity contribution in [1.29, 1.82) is 0 Å². The lowest BCUT2D eigenvalue weighted by molar-refractivity contribution is -0.139. The SMILES string of the molecule is CCC(C)N(CCOC)C(=O)C1CCCNC1. The largest absolute Gasteiger partial charge is 0.383 e. The van der Waals surface area contributed by atoms with Crippen molar-refractivity contribution in [2.24, 2.45) is 5.92 Å². The van der Waals surface area contributed by atoms with Gasteiger partial charge in [0.15, 0.2) is 0 Å². The number of hydrogen-bond donors (Lipinski definition) is 1. The third-order valence-corrected chi connectivity index (χ3v) is 3.59. The fraction of sp³-hybridized carbons (Fsp3) is 0.923. The van der Waals surface area contributed by atoms with Crippen molar-refractivity contribution in [3.8, 4) is 0 Å². The Morgan fingerprint density at radius 3 is 2.88 bits per heavy atom. The fourth-order valence-corrected chi connectivity index (χ4v) is 2.25. The molecular weight excluding hydrogens is 216 g/mol. The van der Waals surface area contributed by atoms with Crippen molar-refractivity contribution in [2.75, 3.05) is 33.4 Å². The molecular formula is C13H26N2O2. The predicted molar refractivity (Wildman–Crippen MR) is 68.9 cm³/mol. The summed E-state index contributed by atoms with van der Waals surface area (Å²) < 4.78 is 5.09. The molecule has 1 fully saturated rings. The number of nitrogens with one attached hydrogen (secondary N) is 1. The number of hydrogen-bond acceptors (Lipinski definition) is 3. The Morgan fingerprint density at radius 1 is 1.59 bits per heavy atom. The number of carbonyl (C=O) groups is 1. The van der Waals surface area contributed by atoms with Gasteiger partial charge in [-0.15, -0.1) is 0 Å². The Morgan fingerprint density at radius 2 is 2.35 bits per heavy atom. The third kappa shape index (κ3) is 4.28. The van der Waals surface area contributed by atoms with E-state index in [4.69, 9.17) is 4.74 Å². The first kappa shape index (κ1) is 14.5. The quantitative estimate of drug-likeness (QED) is 0.762. The van der Waals surface area contributed by atoms with E-state index in [1.165, 1.54) is 0 Å². The number of rotatable bonds is 6. The van der Waals surface area contributed by atoms with Gasteiger partial charge in [-0.25, -0.2) is 0 Å². The van der Waals surface area contributed by atoms with Gasteiger partial charge in [-0.3, -0.25) is 4.79 Å². The van der Waals surface area contributed by atoms with Crippen LogP contribution in [0.2, 0.25) is 0 Å². The zero-order valence-corrected chi connectivity index (χ0v) is 11.4. The molecule has 0 aromatic heterocycles. The summed E-state index contributed by atoms with van der Waals surface area (Å²) in [6.45, 7) is 7.45. The van der Waals surface area contributed by atoms with Crippen LogP contribution in [0.4, 0.5) is 0 Å². The van der Waals surface area contributed by atoms with E-state index in [0.717, 1.165) is 32.4 Å². The molecule has 100 valence electrons. The number of carbonyl (C=O) groups excluding carboxylic acids is 1. The van der Waals surface area contributed by atoms with E-state index >= 15 is 0 Å². The molecule has 0 aromatic rings. The number of ether oxygens (including phenoxy) is 1. The average Bonchev–Trinajstić information content (AvgIpc) is 2.39. The summed E-state index contributed by atoms with van der Waals surface area (Å²) in [5.41, 5.74) is 0. The molecule has 0 saturated carbocycles. The predicted octanol–water partition coefficient (Wildman–Crippen LogP) is 1.26. The second-order valence-electron chi connectivity index (χ2n) is 4.82. The van der Waals surface area contributed by atoms with Gasteiger partial charge in [0, 0.05) is 26.2 Å². The molecule has 1 amide bonds. The van der Waals surface area contributed by atoms with Crippen LogP contribution in [0.1, 0.15) is 33.1 Å². The van der Waals surface area contributed by atoms with Crippen LogP contribution in [0.25, 0.3) is 0 Å². The molecule has 2 unspecified atom stereocenters. The Balaban J connectivity index is 2.56. The minimum absolute atomic E-state index is 0.162. The summed E-state index contributed by atoms with van der Waals surface area (Å²) in [5.74, 6) is 0.457. The fourth-order valence-electron chi connectivity index (χ4n) is 2.25. The van der Waals surface area contributed by atoms with Gasteiger partial charge in [0.2, 0.25) is 5.91 Å². The molecule has 1 heterocycles. The van der Waals surface area contributed by atoms with E-state index in [0.29, 0.717) is 25.1 Å². The van der Waals surface area contributed by atoms with Gasteiger partial charge in [0.1, 0.15) is 0 Å². The van der Waals surface area contributed by atoms with Crippen LogP contribution in [0.5, 0.6) is 0 Å². The molecule has 17 heavy (non-hydrogen) atoms. The van der Waals surface area contributed by atoms with Crippen LogP contribution in [-0.4, -0.2) is 50.2 Å². The van der Waals surface area contributed by atoms with Gasteiger partial charge < -0.3 is 15.0 Å². The van der Waals surface area contributed by atoms with Crippen molar-refractivity contribution >= 4 is 5.91 Å². The molecule has 0 aromatic carbocycles. The topological polar surface area (TPSA) is 41.6 Å². The molecule has 0 bridgehead atoms. The summed E-state index contributed by atoms with van der Waals surface area (Å²) >= 11 is 0. The lowest BCUT2D eigenvalue weighted by Crippen LogP contribution is -2.47. The van der Waals surface area contributed by atoms with Gasteiger partial charge in [-0.05, 0) is 32.7 Å². The highest BCUT2D eigenvalue weighted by Crippen LogP contribution is 2.16. The minimum Gasteiger partial charge on any atom is -0.383 e. The first-order chi connectivity index (χ1) is 8.20. The van der Waals surface area contributed by atoms with Crippen molar-refractivity contribution in [3.05, 3.63) is 0 Å². The number of methoxy groups -OCH3 is 1. The van der Waals surface area contributed by atoms with Crippen LogP contribution >= 0.6 is 0 Å². The van der Waals surface area contributed by atoms with Crippen LogP contribution in [0.3, 0.4) is 0 Å². The smallest absolute Gasteiger partial charge is 0.227 e. The monoisotopic (exact) mass is 242 g/mol. The van der Waals surface area contributed by atoms with Crippen LogP contribution in [0.15, 0.2) is 0 Å². The standard InChI is InChI=1S/C13H26N2O2/c1-4-11(2)15(8-9-17-3)13(16)12-6-5-7-14-10-12/h11-12,14H,4-10H2,1-3H3. The normalized spacial score (nSPS) is 22.2. The zero-order valence-electron chi connectivity index (χ0n) is 11.4. The Bertz CT molecular complexity index is 227. The van der Waals surface area contributed by atoms with Crippen molar-refractivity contribution in [2.45, 2.75) is 39.2 Å². The van der Waals surface area contributed by atoms with Crippen LogP contribution < -0.4 is 5.32 Å². The first-order valence-electron chi connectivity index (χ1n) is 6.70. The number of nitrogens with zero attached hydrogens (tertiary/aromatic N) is 1. The van der Waals surface area contributed by atoms with Crippen molar-refractivity contribution in [3.63, 3.8) is 0 Å². The second kappa shape index (κ2) is 7.67. The molecule has 0 aliphatic carbocycles. The van der Waals surface area contributed by atoms with Gasteiger partial charge in [-0.1, -0.05) is 6.92 Å². The Labute approximate surface area is 105 Å². The molecule has 4 nitrogen and oxygen atoms in total. The number of piperidine rings is 1. The van der Waals surface area contributed by atoms with E-state index in [-0.39, 0.29) is 5.92 Å². The van der Waals surface area contributed by atoms with E-state index in [1.54, 1.807) is 7.11 Å². The first-order valence-corrected chi connectivity index (χ1v) is 6.70. The number of amides is 1. The lowest BCUT2D eigenvalue weighted by Gasteiger charge is -2.33.